The molecule has 1 N–H and O–H groups in total. The molecule has 1 aliphatic carbocycles. The highest BCUT2D eigenvalue weighted by Crippen LogP contribution is 2.29. The lowest BCUT2D eigenvalue weighted by molar-refractivity contribution is -0.146. The number of methoxy groups -OCH3 is 2. The van der Waals surface area contributed by atoms with E-state index in [9.17, 15) is 14.4 Å². The van der Waals surface area contributed by atoms with Crippen molar-refractivity contribution in [3.05, 3.63) is 11.3 Å². The van der Waals surface area contributed by atoms with Crippen LogP contribution < -0.4 is 5.32 Å². The molecule has 1 rings (SSSR count). The molecule has 0 aromatic carbocycles. The molecule has 0 spiro atoms. The highest BCUT2D eigenvalue weighted by atomic mass is 16.5. The van der Waals surface area contributed by atoms with Crippen LogP contribution in [0.3, 0.4) is 0 Å². The van der Waals surface area contributed by atoms with Crippen LogP contribution in [0.5, 0.6) is 0 Å². The van der Waals surface area contributed by atoms with Crippen molar-refractivity contribution < 1.29 is 23.9 Å². The molecule has 0 aromatic rings. The monoisotopic (exact) mass is 255 g/mol. The normalized spacial score (nSPS) is 19.2. The van der Waals surface area contributed by atoms with Gasteiger partial charge >= 0.3 is 11.9 Å². The van der Waals surface area contributed by atoms with Crippen molar-refractivity contribution in [2.75, 3.05) is 14.2 Å². The summed E-state index contributed by atoms with van der Waals surface area (Å²) in [6, 6.07) is 0. The van der Waals surface area contributed by atoms with E-state index < -0.39 is 5.97 Å². The van der Waals surface area contributed by atoms with Gasteiger partial charge in [-0.2, -0.15) is 0 Å². The fourth-order valence-corrected chi connectivity index (χ4v) is 1.99. The van der Waals surface area contributed by atoms with E-state index in [-0.39, 0.29) is 24.2 Å². The van der Waals surface area contributed by atoms with Gasteiger partial charge in [0.15, 0.2) is 0 Å². The molecule has 1 amide bonds. The lowest BCUT2D eigenvalue weighted by atomic mass is 9.86. The van der Waals surface area contributed by atoms with Crippen molar-refractivity contribution >= 4 is 17.8 Å². The fraction of sp³-hybridized carbons (Fsp3) is 0.583. The minimum atomic E-state index is -0.521. The van der Waals surface area contributed by atoms with E-state index in [1.165, 1.54) is 21.1 Å². The molecule has 0 aromatic heterocycles. The second kappa shape index (κ2) is 6.18. The topological polar surface area (TPSA) is 81.7 Å². The Morgan fingerprint density at radius 2 is 1.89 bits per heavy atom. The molecule has 1 atom stereocenters. The van der Waals surface area contributed by atoms with Crippen molar-refractivity contribution in [3.8, 4) is 0 Å². The minimum absolute atomic E-state index is 0.231. The van der Waals surface area contributed by atoms with Crippen molar-refractivity contribution in [2.24, 2.45) is 5.92 Å². The Bertz CT molecular complexity index is 399. The molecule has 100 valence electrons. The van der Waals surface area contributed by atoms with E-state index in [1.807, 2.05) is 0 Å². The zero-order valence-electron chi connectivity index (χ0n) is 10.7. The van der Waals surface area contributed by atoms with Crippen LogP contribution >= 0.6 is 0 Å². The summed E-state index contributed by atoms with van der Waals surface area (Å²) >= 11 is 0. The summed E-state index contributed by atoms with van der Waals surface area (Å²) < 4.78 is 9.33. The first kappa shape index (κ1) is 14.2. The van der Waals surface area contributed by atoms with E-state index in [1.54, 1.807) is 0 Å². The molecular formula is C12H17NO5. The Hall–Kier alpha value is -1.85. The van der Waals surface area contributed by atoms with Crippen LogP contribution in [-0.4, -0.2) is 32.1 Å². The number of carbonyl (C=O) groups is 3. The molecular weight excluding hydrogens is 238 g/mol. The van der Waals surface area contributed by atoms with Crippen LogP contribution in [0.1, 0.15) is 26.2 Å². The molecule has 0 bridgehead atoms. The SMILES string of the molecule is COC(=O)C1=C(NC(C)=O)CC[C@@H](C(=O)OC)C1. The van der Waals surface area contributed by atoms with Gasteiger partial charge in [0, 0.05) is 12.6 Å². The summed E-state index contributed by atoms with van der Waals surface area (Å²) in [6.07, 6.45) is 1.22. The standard InChI is InChI=1S/C12H17NO5/c1-7(14)13-10-5-4-8(11(15)17-2)6-9(10)12(16)18-3/h8H,4-6H2,1-3H3,(H,13,14)/t8-/m1/s1. The Kier molecular flexibility index (Phi) is 4.88. The maximum absolute atomic E-state index is 11.6. The van der Waals surface area contributed by atoms with Crippen LogP contribution in [0.4, 0.5) is 0 Å². The molecule has 6 nitrogen and oxygen atoms in total. The number of rotatable bonds is 3. The quantitative estimate of drug-likeness (QED) is 0.744. The first-order chi connectivity index (χ1) is 8.49. The number of ether oxygens (including phenoxy) is 2. The molecule has 0 saturated heterocycles. The average Bonchev–Trinajstić information content (AvgIpc) is 2.36. The molecule has 0 radical (unpaired) electrons. The van der Waals surface area contributed by atoms with E-state index in [0.29, 0.717) is 24.1 Å². The van der Waals surface area contributed by atoms with Crippen LogP contribution in [0.2, 0.25) is 0 Å². The smallest absolute Gasteiger partial charge is 0.335 e. The summed E-state index contributed by atoms with van der Waals surface area (Å²) in [4.78, 5) is 34.2. The third-order valence-corrected chi connectivity index (χ3v) is 2.85. The average molecular weight is 255 g/mol. The lowest BCUT2D eigenvalue weighted by Crippen LogP contribution is -2.30. The van der Waals surface area contributed by atoms with Gasteiger partial charge in [0.25, 0.3) is 0 Å². The molecule has 6 heteroatoms. The highest BCUT2D eigenvalue weighted by molar-refractivity contribution is 5.91. The first-order valence-electron chi connectivity index (χ1n) is 5.65. The van der Waals surface area contributed by atoms with E-state index in [2.05, 4.69) is 14.8 Å². The molecule has 18 heavy (non-hydrogen) atoms. The van der Waals surface area contributed by atoms with Crippen LogP contribution in [0.15, 0.2) is 11.3 Å². The van der Waals surface area contributed by atoms with Crippen molar-refractivity contribution in [2.45, 2.75) is 26.2 Å². The zero-order chi connectivity index (χ0) is 13.7. The first-order valence-corrected chi connectivity index (χ1v) is 5.65. The number of hydrogen-bond donors (Lipinski definition) is 1. The van der Waals surface area contributed by atoms with Crippen LogP contribution in [-0.2, 0) is 23.9 Å². The maximum atomic E-state index is 11.6. The molecule has 0 aliphatic heterocycles. The van der Waals surface area contributed by atoms with Gasteiger partial charge in [0.2, 0.25) is 5.91 Å². The van der Waals surface area contributed by atoms with Crippen LogP contribution in [0.25, 0.3) is 0 Å². The highest BCUT2D eigenvalue weighted by Gasteiger charge is 2.31. The Morgan fingerprint density at radius 1 is 1.22 bits per heavy atom. The Morgan fingerprint density at radius 3 is 2.39 bits per heavy atom. The number of esters is 2. The number of carbonyl (C=O) groups excluding carboxylic acids is 3. The van der Waals surface area contributed by atoms with Crippen LogP contribution in [0, 0.1) is 5.92 Å². The summed E-state index contributed by atoms with van der Waals surface area (Å²) in [5, 5.41) is 2.61. The lowest BCUT2D eigenvalue weighted by Gasteiger charge is -2.24. The third kappa shape index (κ3) is 3.32. The summed E-state index contributed by atoms with van der Waals surface area (Å²) in [5.41, 5.74) is 0.879. The van der Waals surface area contributed by atoms with Gasteiger partial charge in [-0.15, -0.1) is 0 Å². The summed E-state index contributed by atoms with van der Waals surface area (Å²) in [7, 11) is 2.58. The predicted octanol–water partition coefficient (Wildman–Crippen LogP) is 0.523. The Balaban J connectivity index is 2.94. The number of hydrogen-bond acceptors (Lipinski definition) is 5. The second-order valence-electron chi connectivity index (χ2n) is 4.09. The van der Waals surface area contributed by atoms with Gasteiger partial charge in [0.1, 0.15) is 0 Å². The number of allylic oxidation sites excluding steroid dienone is 1. The minimum Gasteiger partial charge on any atom is -0.469 e. The Labute approximate surface area is 105 Å². The van der Waals surface area contributed by atoms with Gasteiger partial charge in [-0.05, 0) is 19.3 Å². The maximum Gasteiger partial charge on any atom is 0.335 e. The summed E-state index contributed by atoms with van der Waals surface area (Å²) in [6.45, 7) is 1.37. The largest absolute Gasteiger partial charge is 0.469 e. The second-order valence-corrected chi connectivity index (χ2v) is 4.09. The zero-order valence-corrected chi connectivity index (χ0v) is 10.7. The number of nitrogens with one attached hydrogen (secondary N) is 1. The predicted molar refractivity (Wildman–Crippen MR) is 62.2 cm³/mol. The van der Waals surface area contributed by atoms with Gasteiger partial charge in [-0.25, -0.2) is 4.79 Å². The van der Waals surface area contributed by atoms with Crippen molar-refractivity contribution in [3.63, 3.8) is 0 Å². The van der Waals surface area contributed by atoms with Crippen molar-refractivity contribution in [1.82, 2.24) is 5.32 Å². The number of amides is 1. The molecule has 1 aliphatic rings. The van der Waals surface area contributed by atoms with E-state index >= 15 is 0 Å². The molecule has 0 unspecified atom stereocenters. The molecule has 0 heterocycles. The van der Waals surface area contributed by atoms with E-state index in [4.69, 9.17) is 0 Å². The molecule has 0 saturated carbocycles. The fourth-order valence-electron chi connectivity index (χ4n) is 1.99. The van der Waals surface area contributed by atoms with Gasteiger partial charge in [-0.3, -0.25) is 9.59 Å². The third-order valence-electron chi connectivity index (χ3n) is 2.85. The van der Waals surface area contributed by atoms with Gasteiger partial charge in [0.05, 0.1) is 25.7 Å². The molecule has 0 fully saturated rings. The van der Waals surface area contributed by atoms with Gasteiger partial charge in [-0.1, -0.05) is 0 Å². The van der Waals surface area contributed by atoms with E-state index in [0.717, 1.165) is 0 Å². The van der Waals surface area contributed by atoms with Crippen molar-refractivity contribution in [1.29, 1.82) is 0 Å². The summed E-state index contributed by atoms with van der Waals surface area (Å²) in [5.74, 6) is -1.48. The van der Waals surface area contributed by atoms with Gasteiger partial charge < -0.3 is 14.8 Å².